The number of para-hydroxylation sites is 2. The van der Waals surface area contributed by atoms with Crippen LogP contribution in [0.25, 0.3) is 0 Å². The second-order valence-corrected chi connectivity index (χ2v) is 6.77. The van der Waals surface area contributed by atoms with E-state index in [1.54, 1.807) is 6.07 Å². The average molecular weight is 430 g/mol. The van der Waals surface area contributed by atoms with Gasteiger partial charge >= 0.3 is 0 Å². The lowest BCUT2D eigenvalue weighted by Gasteiger charge is -2.16. The summed E-state index contributed by atoms with van der Waals surface area (Å²) in [5, 5.41) is 13.1. The predicted octanol–water partition coefficient (Wildman–Crippen LogP) is 2.82. The summed E-state index contributed by atoms with van der Waals surface area (Å²) < 4.78 is 5.59. The monoisotopic (exact) mass is 430 g/mol. The molecule has 2 rings (SSSR count). The Kier molecular flexibility index (Phi) is 8.24. The van der Waals surface area contributed by atoms with Crippen LogP contribution in [-0.4, -0.2) is 28.5 Å². The molecule has 2 amide bonds. The second-order valence-electron chi connectivity index (χ2n) is 6.37. The fourth-order valence-corrected chi connectivity index (χ4v) is 2.72. The summed E-state index contributed by atoms with van der Waals surface area (Å²) in [6.07, 6.45) is 0.932. The highest BCUT2D eigenvalue weighted by Gasteiger charge is 2.20. The average Bonchev–Trinajstić information content (AvgIpc) is 2.75. The molecule has 3 N–H and O–H groups in total. The fourth-order valence-electron chi connectivity index (χ4n) is 2.57. The van der Waals surface area contributed by atoms with Gasteiger partial charge in [-0.05, 0) is 42.3 Å². The van der Waals surface area contributed by atoms with Crippen LogP contribution >= 0.6 is 12.2 Å². The smallest absolute Gasteiger partial charge is 0.282 e. The van der Waals surface area contributed by atoms with Gasteiger partial charge in [-0.2, -0.15) is 0 Å². The molecule has 30 heavy (non-hydrogen) atoms. The van der Waals surface area contributed by atoms with Gasteiger partial charge in [0.1, 0.15) is 11.3 Å². The lowest BCUT2D eigenvalue weighted by molar-refractivity contribution is -0.385. The molecule has 2 aromatic carbocycles. The summed E-state index contributed by atoms with van der Waals surface area (Å²) >= 11 is 4.94. The van der Waals surface area contributed by atoms with Crippen molar-refractivity contribution in [3.63, 3.8) is 0 Å². The molecule has 0 aliphatic rings. The van der Waals surface area contributed by atoms with E-state index in [4.69, 9.17) is 17.0 Å². The molecule has 10 heteroatoms. The van der Waals surface area contributed by atoms with Gasteiger partial charge in [-0.25, -0.2) is 0 Å². The second kappa shape index (κ2) is 10.9. The first-order valence-electron chi connectivity index (χ1n) is 9.18. The maximum absolute atomic E-state index is 12.2. The van der Waals surface area contributed by atoms with Gasteiger partial charge in [0.05, 0.1) is 4.92 Å². The Bertz CT molecular complexity index is 950. The van der Waals surface area contributed by atoms with Crippen molar-refractivity contribution in [2.75, 3.05) is 6.61 Å². The number of amides is 2. The van der Waals surface area contributed by atoms with Crippen molar-refractivity contribution in [1.82, 2.24) is 16.2 Å². The summed E-state index contributed by atoms with van der Waals surface area (Å²) in [5.74, 6) is -0.384. The summed E-state index contributed by atoms with van der Waals surface area (Å²) in [4.78, 5) is 34.5. The van der Waals surface area contributed by atoms with Crippen LogP contribution < -0.4 is 20.9 Å². The van der Waals surface area contributed by atoms with E-state index in [1.165, 1.54) is 24.3 Å². The number of hydrogen-bond donors (Lipinski definition) is 3. The maximum atomic E-state index is 12.2. The van der Waals surface area contributed by atoms with Gasteiger partial charge in [-0.3, -0.25) is 35.9 Å². The third-order valence-electron chi connectivity index (χ3n) is 4.31. The molecule has 158 valence electrons. The number of carbonyl (C=O) groups excluding carboxylic acids is 2. The number of nitrogens with one attached hydrogen (secondary N) is 3. The van der Waals surface area contributed by atoms with Crippen molar-refractivity contribution in [2.45, 2.75) is 26.2 Å². The summed E-state index contributed by atoms with van der Waals surface area (Å²) in [6.45, 7) is 3.88. The minimum absolute atomic E-state index is 0.150. The molecule has 0 aliphatic carbocycles. The Morgan fingerprint density at radius 1 is 1.13 bits per heavy atom. The van der Waals surface area contributed by atoms with E-state index in [9.17, 15) is 19.7 Å². The van der Waals surface area contributed by atoms with E-state index >= 15 is 0 Å². The lowest BCUT2D eigenvalue weighted by Crippen LogP contribution is -2.49. The van der Waals surface area contributed by atoms with E-state index in [-0.39, 0.29) is 28.9 Å². The minimum Gasteiger partial charge on any atom is -0.483 e. The van der Waals surface area contributed by atoms with E-state index in [2.05, 4.69) is 30.0 Å². The van der Waals surface area contributed by atoms with Gasteiger partial charge in [0.15, 0.2) is 11.7 Å². The number of hydrazine groups is 1. The fraction of sp³-hybridized carbons (Fsp3) is 0.250. The molecule has 0 saturated heterocycles. The van der Waals surface area contributed by atoms with Crippen LogP contribution in [0.4, 0.5) is 5.69 Å². The van der Waals surface area contributed by atoms with Gasteiger partial charge in [-0.1, -0.05) is 44.2 Å². The quantitative estimate of drug-likeness (QED) is 0.351. The number of thiocarbonyl (C=S) groups is 1. The van der Waals surface area contributed by atoms with Gasteiger partial charge in [0.25, 0.3) is 17.5 Å². The first-order chi connectivity index (χ1) is 14.3. The molecular formula is C20H22N4O5S. The number of carbonyl (C=O) groups is 2. The highest BCUT2D eigenvalue weighted by Crippen LogP contribution is 2.28. The number of nitrogens with zero attached hydrogens (tertiary/aromatic N) is 1. The maximum Gasteiger partial charge on any atom is 0.282 e. The molecule has 9 nitrogen and oxygen atoms in total. The first kappa shape index (κ1) is 22.8. The Hall–Kier alpha value is -3.53. The zero-order chi connectivity index (χ0) is 22.1. The molecule has 0 saturated carbocycles. The summed E-state index contributed by atoms with van der Waals surface area (Å²) in [7, 11) is 0. The predicted molar refractivity (Wildman–Crippen MR) is 115 cm³/mol. The van der Waals surface area contributed by atoms with Crippen molar-refractivity contribution < 1.29 is 19.2 Å². The van der Waals surface area contributed by atoms with Gasteiger partial charge < -0.3 is 4.74 Å². The molecule has 0 bridgehead atoms. The molecule has 1 atom stereocenters. The largest absolute Gasteiger partial charge is 0.483 e. The molecule has 0 spiro atoms. The third-order valence-corrected chi connectivity index (χ3v) is 4.51. The van der Waals surface area contributed by atoms with Crippen LogP contribution in [0.1, 0.15) is 42.1 Å². The highest BCUT2D eigenvalue weighted by molar-refractivity contribution is 7.80. The standard InChI is InChI=1S/C20H22N4O5S/c1-3-13(2)14-8-5-7-11-17(14)29-12-18(25)22-23-20(30)21-19(26)15-9-4-6-10-16(15)24(27)28/h4-11,13H,3,12H2,1-2H3,(H,22,25)(H2,21,23,26,30). The minimum atomic E-state index is -0.771. The van der Waals surface area contributed by atoms with Crippen LogP contribution in [-0.2, 0) is 4.79 Å². The number of nitro groups is 1. The molecule has 0 aromatic heterocycles. The van der Waals surface area contributed by atoms with E-state index in [1.807, 2.05) is 18.2 Å². The van der Waals surface area contributed by atoms with Crippen LogP contribution in [0.5, 0.6) is 5.75 Å². The number of ether oxygens (including phenoxy) is 1. The Labute approximate surface area is 178 Å². The Balaban J connectivity index is 1.85. The molecule has 0 heterocycles. The topological polar surface area (TPSA) is 123 Å². The third kappa shape index (κ3) is 6.24. The summed E-state index contributed by atoms with van der Waals surface area (Å²) in [6, 6.07) is 12.9. The van der Waals surface area contributed by atoms with E-state index in [0.717, 1.165) is 12.0 Å². The van der Waals surface area contributed by atoms with Gasteiger partial charge in [-0.15, -0.1) is 0 Å². The van der Waals surface area contributed by atoms with E-state index in [0.29, 0.717) is 5.75 Å². The van der Waals surface area contributed by atoms with Crippen LogP contribution in [0.2, 0.25) is 0 Å². The van der Waals surface area contributed by atoms with Crippen molar-refractivity contribution in [3.8, 4) is 5.75 Å². The first-order valence-corrected chi connectivity index (χ1v) is 9.59. The normalized spacial score (nSPS) is 11.1. The molecule has 0 fully saturated rings. The Morgan fingerprint density at radius 2 is 1.80 bits per heavy atom. The highest BCUT2D eigenvalue weighted by atomic mass is 32.1. The SMILES string of the molecule is CCC(C)c1ccccc1OCC(=O)NNC(=S)NC(=O)c1ccccc1[N+](=O)[O-]. The van der Waals surface area contributed by atoms with E-state index < -0.39 is 16.7 Å². The van der Waals surface area contributed by atoms with Crippen LogP contribution in [0, 0.1) is 10.1 Å². The molecule has 0 aliphatic heterocycles. The Morgan fingerprint density at radius 3 is 2.50 bits per heavy atom. The molecular weight excluding hydrogens is 408 g/mol. The van der Waals surface area contributed by atoms with Crippen molar-refractivity contribution in [3.05, 3.63) is 69.8 Å². The molecule has 1 unspecified atom stereocenters. The zero-order valence-electron chi connectivity index (χ0n) is 16.5. The zero-order valence-corrected chi connectivity index (χ0v) is 17.3. The molecule has 0 radical (unpaired) electrons. The van der Waals surface area contributed by atoms with Crippen LogP contribution in [0.15, 0.2) is 48.5 Å². The number of nitro benzene ring substituents is 1. The van der Waals surface area contributed by atoms with Crippen molar-refractivity contribution >= 4 is 34.8 Å². The molecule has 2 aromatic rings. The number of hydrogen-bond acceptors (Lipinski definition) is 6. The van der Waals surface area contributed by atoms with Crippen LogP contribution in [0.3, 0.4) is 0 Å². The number of rotatable bonds is 7. The van der Waals surface area contributed by atoms with Gasteiger partial charge in [0, 0.05) is 6.07 Å². The van der Waals surface area contributed by atoms with Gasteiger partial charge in [0.2, 0.25) is 0 Å². The lowest BCUT2D eigenvalue weighted by atomic mass is 9.98. The van der Waals surface area contributed by atoms with Crippen molar-refractivity contribution in [1.29, 1.82) is 0 Å². The summed E-state index contributed by atoms with van der Waals surface area (Å²) in [5.41, 5.74) is 5.18. The van der Waals surface area contributed by atoms with Crippen molar-refractivity contribution in [2.24, 2.45) is 0 Å². The number of benzene rings is 2.